The van der Waals surface area contributed by atoms with Crippen LogP contribution in [0.2, 0.25) is 0 Å². The van der Waals surface area contributed by atoms with Gasteiger partial charge in [-0.1, -0.05) is 0 Å². The second-order valence-corrected chi connectivity index (χ2v) is 4.75. The van der Waals surface area contributed by atoms with Crippen molar-refractivity contribution in [3.05, 3.63) is 53.6 Å². The number of aromatic nitrogens is 1. The van der Waals surface area contributed by atoms with E-state index in [2.05, 4.69) is 4.98 Å². The highest BCUT2D eigenvalue weighted by Crippen LogP contribution is 2.21. The van der Waals surface area contributed by atoms with Gasteiger partial charge in [0.25, 0.3) is 0 Å². The van der Waals surface area contributed by atoms with Gasteiger partial charge in [-0.25, -0.2) is 4.39 Å². The van der Waals surface area contributed by atoms with E-state index in [1.807, 2.05) is 13.8 Å². The summed E-state index contributed by atoms with van der Waals surface area (Å²) in [5.41, 5.74) is 0.247. The van der Waals surface area contributed by atoms with E-state index in [1.165, 1.54) is 37.7 Å². The van der Waals surface area contributed by atoms with Crippen molar-refractivity contribution in [3.8, 4) is 11.5 Å². The molecule has 5 heteroatoms. The summed E-state index contributed by atoms with van der Waals surface area (Å²) in [5.74, 6) is -0.241. The molecule has 0 aliphatic heterocycles. The Hall–Kier alpha value is -2.43. The number of ether oxygens (including phenoxy) is 2. The number of pyridine rings is 1. The van der Waals surface area contributed by atoms with E-state index in [1.54, 1.807) is 6.07 Å². The molecule has 0 aliphatic rings. The summed E-state index contributed by atoms with van der Waals surface area (Å²) in [6, 6.07) is 5.67. The maximum absolute atomic E-state index is 13.9. The summed E-state index contributed by atoms with van der Waals surface area (Å²) in [4.78, 5) is 16.3. The lowest BCUT2D eigenvalue weighted by atomic mass is 10.0. The smallest absolute Gasteiger partial charge is 0.197 e. The second kappa shape index (κ2) is 6.35. The lowest BCUT2D eigenvalue weighted by Crippen LogP contribution is -2.08. The molecule has 0 amide bonds. The van der Waals surface area contributed by atoms with Gasteiger partial charge in [0.15, 0.2) is 5.78 Å². The predicted molar refractivity (Wildman–Crippen MR) is 76.4 cm³/mol. The number of carbonyl (C=O) groups is 1. The Labute approximate surface area is 122 Å². The van der Waals surface area contributed by atoms with Gasteiger partial charge in [-0.05, 0) is 32.0 Å². The molecule has 0 saturated heterocycles. The minimum atomic E-state index is -0.630. The van der Waals surface area contributed by atoms with Gasteiger partial charge >= 0.3 is 0 Å². The molecule has 0 fully saturated rings. The third kappa shape index (κ3) is 3.56. The number of rotatable bonds is 5. The monoisotopic (exact) mass is 289 g/mol. The maximum Gasteiger partial charge on any atom is 0.197 e. The molecule has 0 saturated carbocycles. The fourth-order valence-corrected chi connectivity index (χ4v) is 1.84. The maximum atomic E-state index is 13.9. The van der Waals surface area contributed by atoms with Gasteiger partial charge in [-0.2, -0.15) is 0 Å². The van der Waals surface area contributed by atoms with Crippen LogP contribution in [0.5, 0.6) is 11.5 Å². The summed E-state index contributed by atoms with van der Waals surface area (Å²) in [5, 5.41) is 0. The largest absolute Gasteiger partial charge is 0.497 e. The Balaban J connectivity index is 2.31. The van der Waals surface area contributed by atoms with Gasteiger partial charge in [-0.15, -0.1) is 0 Å². The van der Waals surface area contributed by atoms with Crippen LogP contribution in [0.15, 0.2) is 36.7 Å². The summed E-state index contributed by atoms with van der Waals surface area (Å²) in [7, 11) is 1.44. The van der Waals surface area contributed by atoms with Gasteiger partial charge in [0, 0.05) is 17.8 Å². The first-order valence-corrected chi connectivity index (χ1v) is 6.51. The number of carbonyl (C=O) groups excluding carboxylic acids is 1. The standard InChI is InChI=1S/C16H16FNO3/c1-10(2)21-13-6-11(8-18-9-13)16(19)14-5-4-12(20-3)7-15(14)17/h4-10H,1-3H3. The Morgan fingerprint density at radius 2 is 1.95 bits per heavy atom. The van der Waals surface area contributed by atoms with E-state index >= 15 is 0 Å². The fourth-order valence-electron chi connectivity index (χ4n) is 1.84. The zero-order valence-corrected chi connectivity index (χ0v) is 12.1. The van der Waals surface area contributed by atoms with Crippen LogP contribution >= 0.6 is 0 Å². The van der Waals surface area contributed by atoms with Gasteiger partial charge in [0.2, 0.25) is 0 Å². The summed E-state index contributed by atoms with van der Waals surface area (Å²) < 4.78 is 24.3. The fraction of sp³-hybridized carbons (Fsp3) is 0.250. The van der Waals surface area contributed by atoms with Crippen molar-refractivity contribution in [1.29, 1.82) is 0 Å². The average Bonchev–Trinajstić information content (AvgIpc) is 2.46. The molecule has 2 rings (SSSR count). The van der Waals surface area contributed by atoms with Crippen molar-refractivity contribution < 1.29 is 18.7 Å². The summed E-state index contributed by atoms with van der Waals surface area (Å²) in [6.45, 7) is 3.75. The van der Waals surface area contributed by atoms with Crippen LogP contribution in [0.25, 0.3) is 0 Å². The molecule has 0 spiro atoms. The normalized spacial score (nSPS) is 10.5. The highest BCUT2D eigenvalue weighted by molar-refractivity contribution is 6.09. The van der Waals surface area contributed by atoms with Crippen molar-refractivity contribution in [2.24, 2.45) is 0 Å². The van der Waals surface area contributed by atoms with Crippen LogP contribution in [0, 0.1) is 5.82 Å². The summed E-state index contributed by atoms with van der Waals surface area (Å²) in [6.07, 6.45) is 2.87. The van der Waals surface area contributed by atoms with E-state index < -0.39 is 11.6 Å². The van der Waals surface area contributed by atoms with Crippen LogP contribution in [0.4, 0.5) is 4.39 Å². The molecule has 4 nitrogen and oxygen atoms in total. The number of hydrogen-bond donors (Lipinski definition) is 0. The van der Waals surface area contributed by atoms with E-state index in [9.17, 15) is 9.18 Å². The Kier molecular flexibility index (Phi) is 4.52. The number of ketones is 1. The number of nitrogens with zero attached hydrogens (tertiary/aromatic N) is 1. The zero-order chi connectivity index (χ0) is 15.4. The molecule has 2 aromatic rings. The minimum absolute atomic E-state index is 0.0284. The van der Waals surface area contributed by atoms with Crippen LogP contribution in [0.1, 0.15) is 29.8 Å². The summed E-state index contributed by atoms with van der Waals surface area (Å²) >= 11 is 0. The third-order valence-corrected chi connectivity index (χ3v) is 2.77. The van der Waals surface area contributed by atoms with E-state index in [4.69, 9.17) is 9.47 Å². The van der Waals surface area contributed by atoms with Crippen molar-refractivity contribution in [2.75, 3.05) is 7.11 Å². The first-order valence-electron chi connectivity index (χ1n) is 6.51. The van der Waals surface area contributed by atoms with E-state index in [0.29, 0.717) is 11.5 Å². The van der Waals surface area contributed by atoms with Crippen LogP contribution < -0.4 is 9.47 Å². The van der Waals surface area contributed by atoms with Crippen molar-refractivity contribution >= 4 is 5.78 Å². The van der Waals surface area contributed by atoms with Crippen molar-refractivity contribution in [1.82, 2.24) is 4.98 Å². The molecule has 110 valence electrons. The average molecular weight is 289 g/mol. The second-order valence-electron chi connectivity index (χ2n) is 4.75. The van der Waals surface area contributed by atoms with Crippen LogP contribution in [-0.2, 0) is 0 Å². The molecule has 1 heterocycles. The molecule has 1 aromatic heterocycles. The molecular weight excluding hydrogens is 273 g/mol. The van der Waals surface area contributed by atoms with Crippen molar-refractivity contribution in [2.45, 2.75) is 20.0 Å². The molecule has 0 atom stereocenters. The predicted octanol–water partition coefficient (Wildman–Crippen LogP) is 3.25. The number of benzene rings is 1. The molecule has 0 radical (unpaired) electrons. The topological polar surface area (TPSA) is 48.4 Å². The highest BCUT2D eigenvalue weighted by atomic mass is 19.1. The Morgan fingerprint density at radius 1 is 1.19 bits per heavy atom. The molecular formula is C16H16FNO3. The molecule has 0 bridgehead atoms. The quantitative estimate of drug-likeness (QED) is 0.793. The molecule has 0 N–H and O–H groups in total. The van der Waals surface area contributed by atoms with Crippen LogP contribution in [0.3, 0.4) is 0 Å². The number of methoxy groups -OCH3 is 1. The molecule has 1 aromatic carbocycles. The van der Waals surface area contributed by atoms with E-state index in [0.717, 1.165) is 0 Å². The first-order chi connectivity index (χ1) is 10.0. The third-order valence-electron chi connectivity index (χ3n) is 2.77. The Bertz CT molecular complexity index is 656. The SMILES string of the molecule is COc1ccc(C(=O)c2cncc(OC(C)C)c2)c(F)c1. The molecule has 21 heavy (non-hydrogen) atoms. The molecule has 0 unspecified atom stereocenters. The van der Waals surface area contributed by atoms with Gasteiger partial charge in [-0.3, -0.25) is 9.78 Å². The van der Waals surface area contributed by atoms with E-state index in [-0.39, 0.29) is 17.2 Å². The zero-order valence-electron chi connectivity index (χ0n) is 12.1. The number of halogens is 1. The van der Waals surface area contributed by atoms with Crippen LogP contribution in [-0.4, -0.2) is 24.0 Å². The minimum Gasteiger partial charge on any atom is -0.497 e. The Morgan fingerprint density at radius 3 is 2.57 bits per heavy atom. The van der Waals surface area contributed by atoms with Gasteiger partial charge < -0.3 is 9.47 Å². The first kappa shape index (κ1) is 15.0. The van der Waals surface area contributed by atoms with Gasteiger partial charge in [0.1, 0.15) is 17.3 Å². The van der Waals surface area contributed by atoms with Gasteiger partial charge in [0.05, 0.1) is 25.0 Å². The molecule has 0 aliphatic carbocycles. The highest BCUT2D eigenvalue weighted by Gasteiger charge is 2.16. The lowest BCUT2D eigenvalue weighted by molar-refractivity contribution is 0.103. The lowest BCUT2D eigenvalue weighted by Gasteiger charge is -2.10. The van der Waals surface area contributed by atoms with Crippen molar-refractivity contribution in [3.63, 3.8) is 0 Å². The number of hydrogen-bond acceptors (Lipinski definition) is 4.